The molecule has 156 valence electrons. The molecule has 1 aliphatic rings. The second-order valence-electron chi connectivity index (χ2n) is 7.77. The van der Waals surface area contributed by atoms with E-state index >= 15 is 0 Å². The Labute approximate surface area is 171 Å². The summed E-state index contributed by atoms with van der Waals surface area (Å²) in [6.07, 6.45) is 1.45. The monoisotopic (exact) mass is 400 g/mol. The highest BCUT2D eigenvalue weighted by atomic mass is 16.5. The summed E-state index contributed by atoms with van der Waals surface area (Å²) in [6, 6.07) is 10.8. The minimum atomic E-state index is -0.560. The average molecular weight is 400 g/mol. The third-order valence-electron chi connectivity index (χ3n) is 5.36. The highest BCUT2D eigenvalue weighted by molar-refractivity contribution is 5.95. The van der Waals surface area contributed by atoms with E-state index in [0.29, 0.717) is 13.1 Å². The molecule has 0 unspecified atom stereocenters. The van der Waals surface area contributed by atoms with Gasteiger partial charge >= 0.3 is 0 Å². The highest BCUT2D eigenvalue weighted by Gasteiger charge is 2.32. The van der Waals surface area contributed by atoms with E-state index in [4.69, 9.17) is 9.15 Å². The number of methoxy groups -OCH3 is 1. The summed E-state index contributed by atoms with van der Waals surface area (Å²) in [5.74, 6) is 0.688. The zero-order chi connectivity index (χ0) is 20.8. The minimum absolute atomic E-state index is 0.00825. The standard InChI is InChI=1S/C22H29N3O4/c1-16(2)20(23-21(26)19-5-4-14-29-19)22(27)25-12-10-24(11-13-25)15-17-6-8-18(28-3)9-7-17/h4-9,14,16,20H,10-13,15H2,1-3H3,(H,23,26)/p+1/t20-/m0/s1. The second-order valence-corrected chi connectivity index (χ2v) is 7.77. The maximum atomic E-state index is 13.0. The van der Waals surface area contributed by atoms with Crippen LogP contribution in [-0.4, -0.2) is 56.0 Å². The van der Waals surface area contributed by atoms with Gasteiger partial charge in [0, 0.05) is 5.56 Å². The van der Waals surface area contributed by atoms with Gasteiger partial charge in [-0.1, -0.05) is 13.8 Å². The van der Waals surface area contributed by atoms with Crippen LogP contribution in [0, 0.1) is 5.92 Å². The van der Waals surface area contributed by atoms with Gasteiger partial charge in [0.15, 0.2) is 5.76 Å². The molecule has 1 aromatic heterocycles. The van der Waals surface area contributed by atoms with E-state index in [0.717, 1.165) is 25.4 Å². The molecule has 1 aromatic carbocycles. The van der Waals surface area contributed by atoms with Crippen molar-refractivity contribution < 1.29 is 23.6 Å². The Morgan fingerprint density at radius 1 is 1.17 bits per heavy atom. The maximum Gasteiger partial charge on any atom is 0.287 e. The Balaban J connectivity index is 1.53. The number of ether oxygens (including phenoxy) is 1. The fourth-order valence-corrected chi connectivity index (χ4v) is 3.58. The first-order valence-electron chi connectivity index (χ1n) is 10.1. The Bertz CT molecular complexity index is 794. The Hall–Kier alpha value is -2.80. The molecule has 0 radical (unpaired) electrons. The molecule has 2 N–H and O–H groups in total. The molecule has 2 heterocycles. The van der Waals surface area contributed by atoms with Crippen molar-refractivity contribution in [2.24, 2.45) is 5.92 Å². The number of quaternary nitrogens is 1. The number of hydrogen-bond acceptors (Lipinski definition) is 4. The normalized spacial score (nSPS) is 15.9. The molecule has 1 fully saturated rings. The zero-order valence-corrected chi connectivity index (χ0v) is 17.3. The van der Waals surface area contributed by atoms with Gasteiger partial charge in [-0.05, 0) is 42.3 Å². The van der Waals surface area contributed by atoms with Crippen molar-refractivity contribution in [3.05, 3.63) is 54.0 Å². The first kappa shape index (κ1) is 20.9. The van der Waals surface area contributed by atoms with Crippen LogP contribution in [0.4, 0.5) is 0 Å². The number of piperazine rings is 1. The van der Waals surface area contributed by atoms with Crippen LogP contribution in [0.2, 0.25) is 0 Å². The number of hydrogen-bond donors (Lipinski definition) is 2. The quantitative estimate of drug-likeness (QED) is 0.726. The summed E-state index contributed by atoms with van der Waals surface area (Å²) < 4.78 is 10.3. The van der Waals surface area contributed by atoms with Crippen LogP contribution in [-0.2, 0) is 11.3 Å². The smallest absolute Gasteiger partial charge is 0.287 e. The van der Waals surface area contributed by atoms with Crippen molar-refractivity contribution in [3.63, 3.8) is 0 Å². The number of benzene rings is 1. The number of amides is 2. The summed E-state index contributed by atoms with van der Waals surface area (Å²) in [5, 5.41) is 2.84. The fraction of sp³-hybridized carbons (Fsp3) is 0.455. The summed E-state index contributed by atoms with van der Waals surface area (Å²) >= 11 is 0. The Kier molecular flexibility index (Phi) is 6.93. The zero-order valence-electron chi connectivity index (χ0n) is 17.3. The van der Waals surface area contributed by atoms with Crippen molar-refractivity contribution in [1.29, 1.82) is 0 Å². The Morgan fingerprint density at radius 2 is 1.86 bits per heavy atom. The molecular formula is C22H30N3O4+. The van der Waals surface area contributed by atoms with Gasteiger partial charge in [0.2, 0.25) is 5.91 Å². The van der Waals surface area contributed by atoms with Crippen LogP contribution < -0.4 is 15.0 Å². The van der Waals surface area contributed by atoms with E-state index in [-0.39, 0.29) is 23.5 Å². The number of furan rings is 1. The molecule has 2 amide bonds. The van der Waals surface area contributed by atoms with Gasteiger partial charge in [0.1, 0.15) is 18.3 Å². The lowest BCUT2D eigenvalue weighted by molar-refractivity contribution is -0.917. The van der Waals surface area contributed by atoms with Gasteiger partial charge in [-0.25, -0.2) is 0 Å². The lowest BCUT2D eigenvalue weighted by atomic mass is 10.0. The summed E-state index contributed by atoms with van der Waals surface area (Å²) in [5.41, 5.74) is 1.26. The summed E-state index contributed by atoms with van der Waals surface area (Å²) in [4.78, 5) is 28.7. The lowest BCUT2D eigenvalue weighted by Crippen LogP contribution is -3.13. The van der Waals surface area contributed by atoms with Crippen LogP contribution in [0.25, 0.3) is 0 Å². The summed E-state index contributed by atoms with van der Waals surface area (Å²) in [6.45, 7) is 7.94. The van der Waals surface area contributed by atoms with Crippen molar-refractivity contribution in [2.45, 2.75) is 26.4 Å². The minimum Gasteiger partial charge on any atom is -0.497 e. The molecule has 7 nitrogen and oxygen atoms in total. The molecular weight excluding hydrogens is 370 g/mol. The van der Waals surface area contributed by atoms with Gasteiger partial charge in [0.25, 0.3) is 5.91 Å². The van der Waals surface area contributed by atoms with Crippen LogP contribution >= 0.6 is 0 Å². The van der Waals surface area contributed by atoms with E-state index in [2.05, 4.69) is 17.4 Å². The van der Waals surface area contributed by atoms with Crippen LogP contribution in [0.3, 0.4) is 0 Å². The van der Waals surface area contributed by atoms with E-state index in [1.807, 2.05) is 30.9 Å². The van der Waals surface area contributed by atoms with E-state index < -0.39 is 6.04 Å². The van der Waals surface area contributed by atoms with Crippen molar-refractivity contribution in [1.82, 2.24) is 10.2 Å². The topological polar surface area (TPSA) is 76.2 Å². The largest absolute Gasteiger partial charge is 0.497 e. The maximum absolute atomic E-state index is 13.0. The molecule has 0 aliphatic carbocycles. The molecule has 1 atom stereocenters. The first-order valence-corrected chi connectivity index (χ1v) is 10.1. The van der Waals surface area contributed by atoms with E-state index in [9.17, 15) is 9.59 Å². The van der Waals surface area contributed by atoms with Gasteiger partial charge in [0.05, 0.1) is 39.6 Å². The number of nitrogens with zero attached hydrogens (tertiary/aromatic N) is 1. The lowest BCUT2D eigenvalue weighted by Gasteiger charge is -2.35. The first-order chi connectivity index (χ1) is 14.0. The fourth-order valence-electron chi connectivity index (χ4n) is 3.58. The number of nitrogens with one attached hydrogen (secondary N) is 2. The molecule has 7 heteroatoms. The number of rotatable bonds is 7. The van der Waals surface area contributed by atoms with Crippen LogP contribution in [0.1, 0.15) is 30.0 Å². The van der Waals surface area contributed by atoms with Crippen molar-refractivity contribution in [3.8, 4) is 5.75 Å². The predicted molar refractivity (Wildman–Crippen MR) is 109 cm³/mol. The van der Waals surface area contributed by atoms with Crippen molar-refractivity contribution >= 4 is 11.8 Å². The van der Waals surface area contributed by atoms with Gasteiger partial charge in [-0.15, -0.1) is 0 Å². The average Bonchev–Trinajstić information content (AvgIpc) is 3.27. The predicted octanol–water partition coefficient (Wildman–Crippen LogP) is 0.970. The summed E-state index contributed by atoms with van der Waals surface area (Å²) in [7, 11) is 1.66. The third-order valence-corrected chi connectivity index (χ3v) is 5.36. The van der Waals surface area contributed by atoms with E-state index in [1.165, 1.54) is 16.7 Å². The molecule has 0 saturated carbocycles. The molecule has 29 heavy (non-hydrogen) atoms. The highest BCUT2D eigenvalue weighted by Crippen LogP contribution is 2.11. The number of carbonyl (C=O) groups is 2. The molecule has 3 rings (SSSR count). The van der Waals surface area contributed by atoms with E-state index in [1.54, 1.807) is 19.2 Å². The number of carbonyl (C=O) groups excluding carboxylic acids is 2. The molecule has 0 bridgehead atoms. The molecule has 1 saturated heterocycles. The SMILES string of the molecule is COc1ccc(C[NH+]2CCN(C(=O)[C@@H](NC(=O)c3ccco3)C(C)C)CC2)cc1. The second kappa shape index (κ2) is 9.60. The van der Waals surface area contributed by atoms with Crippen LogP contribution in [0.15, 0.2) is 47.1 Å². The van der Waals surface area contributed by atoms with Gasteiger partial charge in [-0.3, -0.25) is 9.59 Å². The molecule has 1 aliphatic heterocycles. The molecule has 0 spiro atoms. The third kappa shape index (κ3) is 5.38. The van der Waals surface area contributed by atoms with Crippen LogP contribution in [0.5, 0.6) is 5.75 Å². The van der Waals surface area contributed by atoms with Gasteiger partial charge < -0.3 is 24.3 Å². The molecule has 2 aromatic rings. The Morgan fingerprint density at radius 3 is 2.41 bits per heavy atom. The van der Waals surface area contributed by atoms with Gasteiger partial charge in [-0.2, -0.15) is 0 Å². The van der Waals surface area contributed by atoms with Crippen molar-refractivity contribution in [2.75, 3.05) is 33.3 Å².